The molecule has 0 heterocycles. The van der Waals surface area contributed by atoms with Crippen molar-refractivity contribution in [2.75, 3.05) is 13.1 Å². The zero-order chi connectivity index (χ0) is 30.0. The van der Waals surface area contributed by atoms with E-state index in [9.17, 15) is 33.9 Å². The third-order valence-corrected chi connectivity index (χ3v) is 5.49. The summed E-state index contributed by atoms with van der Waals surface area (Å²) in [5.41, 5.74) is 32.1. The largest absolute Gasteiger partial charge is 0.480 e. The topological polar surface area (TPSA) is 327 Å². The Kier molecular flexibility index (Phi) is 17.2. The third-order valence-electron chi connectivity index (χ3n) is 5.49. The van der Waals surface area contributed by atoms with Gasteiger partial charge in [-0.1, -0.05) is 0 Å². The standard InChI is InChI=1S/C22H42N10O7/c23-10-2-1-5-15(21(38)39)32-20(37)14(7-9-17(26)34)31-19(36)13(6-8-16(25)33)30-18(35)12(24)4-3-11-29-22(27)28/h12-15H,1-11,23-24H2,(H2,25,33)(H2,26,34)(H,30,35)(H,31,36)(H,32,37)(H,38,39)(H4,27,28,29). The lowest BCUT2D eigenvalue weighted by molar-refractivity contribution is -0.142. The van der Waals surface area contributed by atoms with Crippen molar-refractivity contribution in [1.29, 1.82) is 0 Å². The van der Waals surface area contributed by atoms with Gasteiger partial charge in [0.25, 0.3) is 0 Å². The fraction of sp³-hybridized carbons (Fsp3) is 0.682. The number of primary amides is 2. The van der Waals surface area contributed by atoms with Crippen molar-refractivity contribution in [3.8, 4) is 0 Å². The van der Waals surface area contributed by atoms with Gasteiger partial charge in [-0.05, 0) is 51.5 Å². The van der Waals surface area contributed by atoms with Gasteiger partial charge in [0.1, 0.15) is 18.1 Å². The van der Waals surface area contributed by atoms with Crippen LogP contribution in [-0.2, 0) is 28.8 Å². The Bertz CT molecular complexity index is 879. The van der Waals surface area contributed by atoms with E-state index < -0.39 is 59.7 Å². The number of carboxylic acid groups (broad SMARTS) is 1. The summed E-state index contributed by atoms with van der Waals surface area (Å²) >= 11 is 0. The molecule has 17 heteroatoms. The maximum atomic E-state index is 13.0. The Labute approximate surface area is 226 Å². The summed E-state index contributed by atoms with van der Waals surface area (Å²) in [6.45, 7) is 0.574. The Morgan fingerprint density at radius 2 is 1.15 bits per heavy atom. The molecular weight excluding hydrogens is 516 g/mol. The molecule has 0 aliphatic heterocycles. The number of nitrogens with one attached hydrogen (secondary N) is 3. The number of carbonyl (C=O) groups is 6. The molecule has 0 aromatic heterocycles. The van der Waals surface area contributed by atoms with Gasteiger partial charge in [0.2, 0.25) is 29.5 Å². The number of amides is 5. The van der Waals surface area contributed by atoms with Crippen LogP contribution in [0.2, 0.25) is 0 Å². The zero-order valence-corrected chi connectivity index (χ0v) is 21.9. The summed E-state index contributed by atoms with van der Waals surface area (Å²) in [6, 6.07) is -5.00. The smallest absolute Gasteiger partial charge is 0.326 e. The first kappa shape index (κ1) is 35.0. The van der Waals surface area contributed by atoms with Crippen molar-refractivity contribution in [2.45, 2.75) is 82.0 Å². The van der Waals surface area contributed by atoms with Crippen LogP contribution >= 0.6 is 0 Å². The molecule has 0 saturated carbocycles. The minimum absolute atomic E-state index is 0.0904. The zero-order valence-electron chi connectivity index (χ0n) is 21.9. The fourth-order valence-electron chi connectivity index (χ4n) is 3.33. The normalized spacial score (nSPS) is 13.7. The number of nitrogens with zero attached hydrogens (tertiary/aromatic N) is 1. The van der Waals surface area contributed by atoms with Crippen molar-refractivity contribution < 1.29 is 33.9 Å². The lowest BCUT2D eigenvalue weighted by Gasteiger charge is -2.25. The monoisotopic (exact) mass is 558 g/mol. The van der Waals surface area contributed by atoms with Gasteiger partial charge in [0.15, 0.2) is 5.96 Å². The highest BCUT2D eigenvalue weighted by Gasteiger charge is 2.30. The minimum atomic E-state index is -1.37. The maximum Gasteiger partial charge on any atom is 0.326 e. The second-order valence-electron chi connectivity index (χ2n) is 8.87. The van der Waals surface area contributed by atoms with Crippen molar-refractivity contribution in [1.82, 2.24) is 16.0 Å². The van der Waals surface area contributed by atoms with Crippen LogP contribution < -0.4 is 50.4 Å². The molecule has 0 aliphatic rings. The molecule has 222 valence electrons. The summed E-state index contributed by atoms with van der Waals surface area (Å²) in [4.78, 5) is 76.5. The van der Waals surface area contributed by atoms with Gasteiger partial charge in [-0.15, -0.1) is 0 Å². The van der Waals surface area contributed by atoms with Gasteiger partial charge in [-0.3, -0.25) is 29.0 Å². The van der Waals surface area contributed by atoms with E-state index in [1.165, 1.54) is 0 Å². The van der Waals surface area contributed by atoms with Crippen LogP contribution in [0.5, 0.6) is 0 Å². The predicted molar refractivity (Wildman–Crippen MR) is 141 cm³/mol. The van der Waals surface area contributed by atoms with Crippen molar-refractivity contribution in [3.63, 3.8) is 0 Å². The van der Waals surface area contributed by atoms with E-state index >= 15 is 0 Å². The Morgan fingerprint density at radius 1 is 0.667 bits per heavy atom. The highest BCUT2D eigenvalue weighted by atomic mass is 16.4. The van der Waals surface area contributed by atoms with Crippen LogP contribution in [0.25, 0.3) is 0 Å². The summed E-state index contributed by atoms with van der Waals surface area (Å²) in [5, 5.41) is 16.6. The predicted octanol–water partition coefficient (Wildman–Crippen LogP) is -4.43. The van der Waals surface area contributed by atoms with Gasteiger partial charge in [-0.2, -0.15) is 0 Å². The van der Waals surface area contributed by atoms with Crippen LogP contribution in [-0.4, -0.2) is 83.8 Å². The van der Waals surface area contributed by atoms with Crippen molar-refractivity contribution in [2.24, 2.45) is 39.4 Å². The SMILES string of the molecule is NCCCCC(NC(=O)C(CCC(N)=O)NC(=O)C(CCC(N)=O)NC(=O)C(N)CCCN=C(N)N)C(=O)O. The van der Waals surface area contributed by atoms with Gasteiger partial charge >= 0.3 is 5.97 Å². The first-order valence-corrected chi connectivity index (χ1v) is 12.5. The van der Waals surface area contributed by atoms with Crippen LogP contribution in [0, 0.1) is 0 Å². The maximum absolute atomic E-state index is 13.0. The summed E-state index contributed by atoms with van der Waals surface area (Å²) in [7, 11) is 0. The summed E-state index contributed by atoms with van der Waals surface area (Å²) in [5.74, 6) is -5.37. The number of carbonyl (C=O) groups excluding carboxylic acids is 5. The minimum Gasteiger partial charge on any atom is -0.480 e. The summed E-state index contributed by atoms with van der Waals surface area (Å²) in [6.07, 6.45) is 0.567. The lowest BCUT2D eigenvalue weighted by Crippen LogP contribution is -2.57. The summed E-state index contributed by atoms with van der Waals surface area (Å²) < 4.78 is 0. The van der Waals surface area contributed by atoms with E-state index in [2.05, 4.69) is 20.9 Å². The highest BCUT2D eigenvalue weighted by Crippen LogP contribution is 2.06. The van der Waals surface area contributed by atoms with Gasteiger partial charge in [0, 0.05) is 19.4 Å². The highest BCUT2D eigenvalue weighted by molar-refractivity contribution is 5.94. The molecule has 0 aromatic carbocycles. The van der Waals surface area contributed by atoms with Gasteiger partial charge < -0.3 is 55.5 Å². The molecule has 0 spiro atoms. The molecule has 17 nitrogen and oxygen atoms in total. The van der Waals surface area contributed by atoms with E-state index in [1.807, 2.05) is 0 Å². The number of guanidine groups is 1. The molecule has 16 N–H and O–H groups in total. The van der Waals surface area contributed by atoms with E-state index in [4.69, 9.17) is 34.4 Å². The Hall–Kier alpha value is -3.99. The molecule has 0 aromatic rings. The van der Waals surface area contributed by atoms with Crippen LogP contribution in [0.1, 0.15) is 57.8 Å². The third kappa shape index (κ3) is 16.5. The second kappa shape index (κ2) is 19.1. The molecule has 39 heavy (non-hydrogen) atoms. The average Bonchev–Trinajstić information content (AvgIpc) is 2.85. The Balaban J connectivity index is 5.54. The number of aliphatic imine (C=N–C) groups is 1. The number of nitrogens with two attached hydrogens (primary N) is 6. The van der Waals surface area contributed by atoms with Crippen molar-refractivity contribution in [3.05, 3.63) is 0 Å². The van der Waals surface area contributed by atoms with E-state index in [1.54, 1.807) is 0 Å². The lowest BCUT2D eigenvalue weighted by atomic mass is 10.0. The molecule has 0 saturated heterocycles. The molecule has 4 atom stereocenters. The van der Waals surface area contributed by atoms with E-state index in [0.29, 0.717) is 25.8 Å². The molecule has 0 aliphatic carbocycles. The van der Waals surface area contributed by atoms with Crippen LogP contribution in [0.3, 0.4) is 0 Å². The quantitative estimate of drug-likeness (QED) is 0.0364. The van der Waals surface area contributed by atoms with E-state index in [-0.39, 0.29) is 51.0 Å². The van der Waals surface area contributed by atoms with Gasteiger partial charge in [0.05, 0.1) is 6.04 Å². The molecule has 5 amide bonds. The van der Waals surface area contributed by atoms with Gasteiger partial charge in [-0.25, -0.2) is 4.79 Å². The number of unbranched alkanes of at least 4 members (excludes halogenated alkanes) is 1. The number of carboxylic acids is 1. The molecule has 0 bridgehead atoms. The molecule has 0 radical (unpaired) electrons. The number of rotatable bonds is 21. The first-order chi connectivity index (χ1) is 18.3. The molecule has 4 unspecified atom stereocenters. The van der Waals surface area contributed by atoms with E-state index in [0.717, 1.165) is 0 Å². The number of hydrogen-bond acceptors (Lipinski definition) is 9. The fourth-order valence-corrected chi connectivity index (χ4v) is 3.33. The second-order valence-corrected chi connectivity index (χ2v) is 8.87. The van der Waals surface area contributed by atoms with Crippen LogP contribution in [0.15, 0.2) is 4.99 Å². The molecular formula is C22H42N10O7. The Morgan fingerprint density at radius 3 is 1.59 bits per heavy atom. The molecule has 0 rings (SSSR count). The van der Waals surface area contributed by atoms with Crippen LogP contribution in [0.4, 0.5) is 0 Å². The van der Waals surface area contributed by atoms with Crippen molar-refractivity contribution >= 4 is 41.5 Å². The first-order valence-electron chi connectivity index (χ1n) is 12.5. The average molecular weight is 559 g/mol. The molecule has 0 fully saturated rings. The number of hydrogen-bond donors (Lipinski definition) is 10. The number of aliphatic carboxylic acids is 1.